The van der Waals surface area contributed by atoms with E-state index in [4.69, 9.17) is 5.73 Å². The normalized spacial score (nSPS) is 18.8. The zero-order chi connectivity index (χ0) is 13.1. The van der Waals surface area contributed by atoms with Gasteiger partial charge in [0.1, 0.15) is 5.56 Å². The number of pyridine rings is 1. The predicted molar refractivity (Wildman–Crippen MR) is 76.8 cm³/mol. The molecule has 1 fully saturated rings. The van der Waals surface area contributed by atoms with E-state index >= 15 is 0 Å². The lowest BCUT2D eigenvalue weighted by Gasteiger charge is -2.34. The topological polar surface area (TPSA) is 79.2 Å². The van der Waals surface area contributed by atoms with E-state index in [1.807, 2.05) is 0 Å². The van der Waals surface area contributed by atoms with E-state index in [9.17, 15) is 9.59 Å². The van der Waals surface area contributed by atoms with E-state index in [0.29, 0.717) is 13.1 Å². The van der Waals surface area contributed by atoms with Crippen molar-refractivity contribution in [3.63, 3.8) is 0 Å². The Morgan fingerprint density at radius 3 is 2.84 bits per heavy atom. The first kappa shape index (κ1) is 15.7. The molecule has 106 valence electrons. The summed E-state index contributed by atoms with van der Waals surface area (Å²) in [6.45, 7) is 2.93. The van der Waals surface area contributed by atoms with Crippen LogP contribution in [0.15, 0.2) is 16.9 Å². The summed E-state index contributed by atoms with van der Waals surface area (Å²) < 4.78 is 0. The molecule has 1 aromatic rings. The molecular formula is C13H20ClN3O2. The first-order valence-corrected chi connectivity index (χ1v) is 6.34. The van der Waals surface area contributed by atoms with E-state index in [1.54, 1.807) is 24.0 Å². The quantitative estimate of drug-likeness (QED) is 0.853. The van der Waals surface area contributed by atoms with Crippen molar-refractivity contribution in [2.24, 2.45) is 5.73 Å². The lowest BCUT2D eigenvalue weighted by molar-refractivity contribution is 0.0621. The van der Waals surface area contributed by atoms with Crippen LogP contribution >= 0.6 is 12.4 Å². The third-order valence-electron chi connectivity index (χ3n) is 3.45. The summed E-state index contributed by atoms with van der Waals surface area (Å²) in [7, 11) is 0. The Labute approximate surface area is 118 Å². The highest BCUT2D eigenvalue weighted by atomic mass is 35.5. The second kappa shape index (κ2) is 6.73. The number of aromatic nitrogens is 1. The maximum absolute atomic E-state index is 12.4. The largest absolute Gasteiger partial charge is 0.334 e. The monoisotopic (exact) mass is 285 g/mol. The Balaban J connectivity index is 0.00000180. The van der Waals surface area contributed by atoms with Crippen LogP contribution in [0.1, 0.15) is 35.3 Å². The van der Waals surface area contributed by atoms with Crippen LogP contribution in [-0.2, 0) is 0 Å². The molecule has 1 aromatic heterocycles. The number of hydrogen-bond acceptors (Lipinski definition) is 3. The number of aromatic amines is 1. The van der Waals surface area contributed by atoms with Gasteiger partial charge in [-0.15, -0.1) is 12.4 Å². The van der Waals surface area contributed by atoms with Gasteiger partial charge in [-0.05, 0) is 38.3 Å². The van der Waals surface area contributed by atoms with Gasteiger partial charge >= 0.3 is 0 Å². The van der Waals surface area contributed by atoms with Gasteiger partial charge in [-0.1, -0.05) is 0 Å². The maximum atomic E-state index is 12.4. The van der Waals surface area contributed by atoms with Gasteiger partial charge in [0.05, 0.1) is 0 Å². The summed E-state index contributed by atoms with van der Waals surface area (Å²) in [6, 6.07) is 3.40. The van der Waals surface area contributed by atoms with Crippen molar-refractivity contribution in [1.82, 2.24) is 9.88 Å². The summed E-state index contributed by atoms with van der Waals surface area (Å²) in [5.41, 5.74) is 6.34. The number of amides is 1. The molecule has 0 bridgehead atoms. The van der Waals surface area contributed by atoms with Crippen LogP contribution < -0.4 is 11.3 Å². The van der Waals surface area contributed by atoms with Crippen LogP contribution in [0.2, 0.25) is 0 Å². The Morgan fingerprint density at radius 1 is 1.47 bits per heavy atom. The number of aryl methyl sites for hydroxylation is 1. The van der Waals surface area contributed by atoms with Gasteiger partial charge in [0.2, 0.25) is 0 Å². The van der Waals surface area contributed by atoms with E-state index in [1.165, 1.54) is 0 Å². The number of H-pyrrole nitrogens is 1. The fourth-order valence-electron chi connectivity index (χ4n) is 2.41. The number of halogens is 1. The molecule has 1 atom stereocenters. The third kappa shape index (κ3) is 3.36. The summed E-state index contributed by atoms with van der Waals surface area (Å²) in [6.07, 6.45) is 2.99. The number of likely N-dealkylation sites (tertiary alicyclic amines) is 1. The molecule has 1 amide bonds. The molecule has 0 aromatic carbocycles. The molecule has 6 heteroatoms. The molecular weight excluding hydrogens is 266 g/mol. The smallest absolute Gasteiger partial charge is 0.260 e. The second-order valence-corrected chi connectivity index (χ2v) is 4.77. The number of piperidine rings is 1. The number of rotatable bonds is 2. The number of hydrogen-bond donors (Lipinski definition) is 2. The maximum Gasteiger partial charge on any atom is 0.260 e. The molecule has 0 aliphatic carbocycles. The molecule has 3 N–H and O–H groups in total. The fraction of sp³-hybridized carbons (Fsp3) is 0.538. The Hall–Kier alpha value is -1.33. The van der Waals surface area contributed by atoms with E-state index in [-0.39, 0.29) is 35.5 Å². The number of nitrogens with two attached hydrogens (primary N) is 1. The average Bonchev–Trinajstić information content (AvgIpc) is 2.38. The second-order valence-electron chi connectivity index (χ2n) is 4.77. The third-order valence-corrected chi connectivity index (χ3v) is 3.45. The highest BCUT2D eigenvalue weighted by Gasteiger charge is 2.27. The van der Waals surface area contributed by atoms with Crippen molar-refractivity contribution in [1.29, 1.82) is 0 Å². The van der Waals surface area contributed by atoms with Gasteiger partial charge in [0.25, 0.3) is 11.5 Å². The highest BCUT2D eigenvalue weighted by Crippen LogP contribution is 2.17. The zero-order valence-electron chi connectivity index (χ0n) is 11.0. The van der Waals surface area contributed by atoms with E-state index < -0.39 is 0 Å². The van der Waals surface area contributed by atoms with Crippen molar-refractivity contribution < 1.29 is 4.79 Å². The van der Waals surface area contributed by atoms with E-state index in [0.717, 1.165) is 25.0 Å². The summed E-state index contributed by atoms with van der Waals surface area (Å²) in [5.74, 6) is -0.202. The molecule has 0 spiro atoms. The van der Waals surface area contributed by atoms with Crippen LogP contribution in [0, 0.1) is 6.92 Å². The van der Waals surface area contributed by atoms with Gasteiger partial charge in [0, 0.05) is 24.8 Å². The molecule has 5 nitrogen and oxygen atoms in total. The minimum Gasteiger partial charge on any atom is -0.334 e. The molecule has 0 saturated carbocycles. The van der Waals surface area contributed by atoms with Gasteiger partial charge in [-0.2, -0.15) is 0 Å². The summed E-state index contributed by atoms with van der Waals surface area (Å²) in [4.78, 5) is 28.5. The molecule has 1 saturated heterocycles. The van der Waals surface area contributed by atoms with Crippen LogP contribution in [0.4, 0.5) is 0 Å². The number of carbonyl (C=O) groups is 1. The van der Waals surface area contributed by atoms with Crippen molar-refractivity contribution in [3.8, 4) is 0 Å². The average molecular weight is 286 g/mol. The van der Waals surface area contributed by atoms with Gasteiger partial charge < -0.3 is 15.6 Å². The van der Waals surface area contributed by atoms with Crippen molar-refractivity contribution in [3.05, 3.63) is 33.7 Å². The molecule has 1 aliphatic rings. The Bertz CT molecular complexity index is 501. The summed E-state index contributed by atoms with van der Waals surface area (Å²) in [5, 5.41) is 0. The first-order chi connectivity index (χ1) is 8.63. The van der Waals surface area contributed by atoms with Crippen LogP contribution in [0.3, 0.4) is 0 Å². The van der Waals surface area contributed by atoms with Crippen molar-refractivity contribution in [2.45, 2.75) is 32.2 Å². The van der Waals surface area contributed by atoms with Crippen molar-refractivity contribution in [2.75, 3.05) is 13.1 Å². The fourth-order valence-corrected chi connectivity index (χ4v) is 2.41. The molecule has 1 aliphatic heterocycles. The number of nitrogens with one attached hydrogen (secondary N) is 1. The first-order valence-electron chi connectivity index (χ1n) is 6.34. The van der Waals surface area contributed by atoms with Crippen LogP contribution in [0.5, 0.6) is 0 Å². The van der Waals surface area contributed by atoms with Crippen molar-refractivity contribution >= 4 is 18.3 Å². The molecule has 1 unspecified atom stereocenters. The van der Waals surface area contributed by atoms with E-state index in [2.05, 4.69) is 4.98 Å². The van der Waals surface area contributed by atoms with Crippen LogP contribution in [-0.4, -0.2) is 34.9 Å². The summed E-state index contributed by atoms with van der Waals surface area (Å²) >= 11 is 0. The predicted octanol–water partition coefficient (Wildman–Crippen LogP) is 1.06. The molecule has 2 rings (SSSR count). The number of nitrogens with zero attached hydrogens (tertiary/aromatic N) is 1. The van der Waals surface area contributed by atoms with Gasteiger partial charge in [0.15, 0.2) is 0 Å². The zero-order valence-corrected chi connectivity index (χ0v) is 11.8. The molecule has 19 heavy (non-hydrogen) atoms. The minimum absolute atomic E-state index is 0. The Kier molecular flexibility index (Phi) is 5.57. The lowest BCUT2D eigenvalue weighted by Crippen LogP contribution is -2.48. The van der Waals surface area contributed by atoms with Gasteiger partial charge in [-0.3, -0.25) is 9.59 Å². The minimum atomic E-state index is -0.318. The molecule has 2 heterocycles. The highest BCUT2D eigenvalue weighted by molar-refractivity contribution is 5.94. The Morgan fingerprint density at radius 2 is 2.21 bits per heavy atom. The SMILES string of the molecule is Cc1ccc(C(=O)N2CCCCC2CN)c(=O)[nH]1.Cl. The van der Waals surface area contributed by atoms with Crippen LogP contribution in [0.25, 0.3) is 0 Å². The molecule has 0 radical (unpaired) electrons. The standard InChI is InChI=1S/C13H19N3O2.ClH/c1-9-5-6-11(12(17)15-9)13(18)16-7-3-2-4-10(16)8-14;/h5-6,10H,2-4,7-8,14H2,1H3,(H,15,17);1H. The van der Waals surface area contributed by atoms with Gasteiger partial charge in [-0.25, -0.2) is 0 Å². The lowest BCUT2D eigenvalue weighted by atomic mass is 10.0. The number of carbonyl (C=O) groups excluding carboxylic acids is 1.